The van der Waals surface area contributed by atoms with E-state index in [9.17, 15) is 4.79 Å². The predicted molar refractivity (Wildman–Crippen MR) is 98.0 cm³/mol. The summed E-state index contributed by atoms with van der Waals surface area (Å²) in [6, 6.07) is 2.11. The van der Waals surface area contributed by atoms with Gasteiger partial charge in [-0.15, -0.1) is 0 Å². The van der Waals surface area contributed by atoms with Gasteiger partial charge in [0, 0.05) is 31.1 Å². The van der Waals surface area contributed by atoms with Gasteiger partial charge in [-0.05, 0) is 51.8 Å². The SMILES string of the molecule is CCN(CC)c1coc2cnc(C(=O)NC3CN4CCC3CC4)cc12. The van der Waals surface area contributed by atoms with Gasteiger partial charge in [0.1, 0.15) is 12.0 Å². The number of rotatable bonds is 5. The van der Waals surface area contributed by atoms with Crippen molar-refractivity contribution < 1.29 is 9.21 Å². The molecule has 1 unspecified atom stereocenters. The van der Waals surface area contributed by atoms with Gasteiger partial charge >= 0.3 is 0 Å². The maximum absolute atomic E-state index is 12.7. The lowest BCUT2D eigenvalue weighted by atomic mass is 9.84. The molecule has 25 heavy (non-hydrogen) atoms. The van der Waals surface area contributed by atoms with Crippen LogP contribution >= 0.6 is 0 Å². The summed E-state index contributed by atoms with van der Waals surface area (Å²) in [5.74, 6) is 0.533. The van der Waals surface area contributed by atoms with Gasteiger partial charge in [-0.1, -0.05) is 0 Å². The minimum Gasteiger partial charge on any atom is -0.460 e. The van der Waals surface area contributed by atoms with Crippen LogP contribution in [0.2, 0.25) is 0 Å². The Morgan fingerprint density at radius 3 is 2.76 bits per heavy atom. The molecule has 0 radical (unpaired) electrons. The highest BCUT2D eigenvalue weighted by atomic mass is 16.3. The number of carbonyl (C=O) groups excluding carboxylic acids is 1. The highest BCUT2D eigenvalue weighted by molar-refractivity contribution is 5.99. The van der Waals surface area contributed by atoms with Crippen molar-refractivity contribution in [3.63, 3.8) is 0 Å². The summed E-state index contributed by atoms with van der Waals surface area (Å²) in [4.78, 5) is 21.7. The standard InChI is InChI=1S/C19H26N4O2/c1-3-23(4-2)17-12-25-18-10-20-15(9-14(17)18)19(24)21-16-11-22-7-5-13(16)6-8-22/h9-10,12-13,16H,3-8,11H2,1-2H3,(H,21,24). The highest BCUT2D eigenvalue weighted by Crippen LogP contribution is 2.30. The highest BCUT2D eigenvalue weighted by Gasteiger charge is 2.35. The Kier molecular flexibility index (Phi) is 4.37. The molecule has 6 nitrogen and oxygen atoms in total. The van der Waals surface area contributed by atoms with E-state index in [1.54, 1.807) is 12.5 Å². The van der Waals surface area contributed by atoms with E-state index in [4.69, 9.17) is 4.42 Å². The molecule has 0 saturated carbocycles. The van der Waals surface area contributed by atoms with Gasteiger partial charge in [0.2, 0.25) is 0 Å². The monoisotopic (exact) mass is 342 g/mol. The van der Waals surface area contributed by atoms with Crippen LogP contribution in [0, 0.1) is 5.92 Å². The number of nitrogens with one attached hydrogen (secondary N) is 1. The van der Waals surface area contributed by atoms with Crippen LogP contribution in [0.15, 0.2) is 22.9 Å². The number of carbonyl (C=O) groups is 1. The van der Waals surface area contributed by atoms with E-state index in [0.717, 1.165) is 36.3 Å². The van der Waals surface area contributed by atoms with E-state index < -0.39 is 0 Å². The largest absolute Gasteiger partial charge is 0.460 e. The first-order chi connectivity index (χ1) is 12.2. The van der Waals surface area contributed by atoms with Gasteiger partial charge in [-0.3, -0.25) is 4.79 Å². The van der Waals surface area contributed by atoms with E-state index in [2.05, 4.69) is 33.9 Å². The molecular weight excluding hydrogens is 316 g/mol. The van der Waals surface area contributed by atoms with Gasteiger partial charge < -0.3 is 19.5 Å². The number of hydrogen-bond acceptors (Lipinski definition) is 5. The Morgan fingerprint density at radius 1 is 1.36 bits per heavy atom. The fourth-order valence-electron chi connectivity index (χ4n) is 4.22. The third-order valence-corrected chi connectivity index (χ3v) is 5.75. The first-order valence-corrected chi connectivity index (χ1v) is 9.35. The first-order valence-electron chi connectivity index (χ1n) is 9.35. The topological polar surface area (TPSA) is 61.6 Å². The average molecular weight is 342 g/mol. The third-order valence-electron chi connectivity index (χ3n) is 5.75. The summed E-state index contributed by atoms with van der Waals surface area (Å²) < 4.78 is 5.62. The third kappa shape index (κ3) is 2.99. The van der Waals surface area contributed by atoms with Crippen LogP contribution in [0.1, 0.15) is 37.2 Å². The molecule has 1 amide bonds. The van der Waals surface area contributed by atoms with Crippen molar-refractivity contribution in [2.45, 2.75) is 32.7 Å². The Balaban J connectivity index is 1.56. The zero-order valence-electron chi connectivity index (χ0n) is 15.0. The fraction of sp³-hybridized carbons (Fsp3) is 0.579. The van der Waals surface area contributed by atoms with Crippen molar-refractivity contribution in [1.29, 1.82) is 0 Å². The molecular formula is C19H26N4O2. The van der Waals surface area contributed by atoms with Crippen LogP contribution in [0.3, 0.4) is 0 Å². The van der Waals surface area contributed by atoms with Crippen molar-refractivity contribution in [1.82, 2.24) is 15.2 Å². The van der Waals surface area contributed by atoms with Crippen LogP contribution in [0.5, 0.6) is 0 Å². The number of piperidine rings is 3. The fourth-order valence-corrected chi connectivity index (χ4v) is 4.22. The maximum Gasteiger partial charge on any atom is 0.270 e. The molecule has 6 heteroatoms. The van der Waals surface area contributed by atoms with Crippen LogP contribution in [-0.2, 0) is 0 Å². The van der Waals surface area contributed by atoms with Gasteiger partial charge in [0.15, 0.2) is 5.58 Å². The molecule has 0 aromatic carbocycles. The summed E-state index contributed by atoms with van der Waals surface area (Å²) in [5, 5.41) is 4.17. The molecule has 1 N–H and O–H groups in total. The summed E-state index contributed by atoms with van der Waals surface area (Å²) >= 11 is 0. The molecule has 0 spiro atoms. The van der Waals surface area contributed by atoms with Crippen LogP contribution in [-0.4, -0.2) is 54.6 Å². The molecule has 3 aliphatic heterocycles. The molecule has 3 aliphatic rings. The van der Waals surface area contributed by atoms with E-state index in [-0.39, 0.29) is 11.9 Å². The number of aromatic nitrogens is 1. The van der Waals surface area contributed by atoms with Crippen LogP contribution in [0.4, 0.5) is 5.69 Å². The number of anilines is 1. The number of hydrogen-bond donors (Lipinski definition) is 1. The number of fused-ring (bicyclic) bond motifs is 4. The lowest BCUT2D eigenvalue weighted by Crippen LogP contribution is -2.57. The van der Waals surface area contributed by atoms with E-state index in [1.165, 1.54) is 25.9 Å². The zero-order valence-corrected chi connectivity index (χ0v) is 15.0. The molecule has 134 valence electrons. The average Bonchev–Trinajstić information content (AvgIpc) is 3.07. The molecule has 3 saturated heterocycles. The van der Waals surface area contributed by atoms with E-state index in [0.29, 0.717) is 11.6 Å². The maximum atomic E-state index is 12.7. The number of nitrogens with zero attached hydrogens (tertiary/aromatic N) is 3. The van der Waals surface area contributed by atoms with Crippen LogP contribution in [0.25, 0.3) is 11.0 Å². The molecule has 0 aliphatic carbocycles. The summed E-state index contributed by atoms with van der Waals surface area (Å²) in [5.41, 5.74) is 2.22. The van der Waals surface area contributed by atoms with Gasteiger partial charge in [-0.25, -0.2) is 4.98 Å². The smallest absolute Gasteiger partial charge is 0.270 e. The molecule has 2 aromatic rings. The number of pyridine rings is 1. The second-order valence-electron chi connectivity index (χ2n) is 7.08. The number of furan rings is 1. The van der Waals surface area contributed by atoms with Crippen molar-refractivity contribution in [2.24, 2.45) is 5.92 Å². The molecule has 1 atom stereocenters. The minimum atomic E-state index is -0.0765. The van der Waals surface area contributed by atoms with Crippen molar-refractivity contribution >= 4 is 22.6 Å². The quantitative estimate of drug-likeness (QED) is 0.905. The second kappa shape index (κ2) is 6.67. The first kappa shape index (κ1) is 16.4. The molecule has 2 aromatic heterocycles. The Labute approximate surface area is 148 Å². The molecule has 3 fully saturated rings. The lowest BCUT2D eigenvalue weighted by molar-refractivity contribution is 0.0618. The lowest BCUT2D eigenvalue weighted by Gasteiger charge is -2.44. The van der Waals surface area contributed by atoms with Crippen LogP contribution < -0.4 is 10.2 Å². The predicted octanol–water partition coefficient (Wildman–Crippen LogP) is 2.50. The summed E-state index contributed by atoms with van der Waals surface area (Å²) in [7, 11) is 0. The number of amides is 1. The zero-order chi connectivity index (χ0) is 17.4. The van der Waals surface area contributed by atoms with E-state index >= 15 is 0 Å². The summed E-state index contributed by atoms with van der Waals surface area (Å²) in [6.45, 7) is 9.33. The Bertz CT molecular complexity index is 760. The minimum absolute atomic E-state index is 0.0765. The van der Waals surface area contributed by atoms with Gasteiger partial charge in [0.25, 0.3) is 5.91 Å². The van der Waals surface area contributed by atoms with Gasteiger partial charge in [0.05, 0.1) is 11.9 Å². The second-order valence-corrected chi connectivity index (χ2v) is 7.08. The molecule has 5 heterocycles. The Hall–Kier alpha value is -2.08. The van der Waals surface area contributed by atoms with Crippen molar-refractivity contribution in [2.75, 3.05) is 37.6 Å². The van der Waals surface area contributed by atoms with Crippen molar-refractivity contribution in [3.8, 4) is 0 Å². The normalized spacial score (nSPS) is 25.3. The van der Waals surface area contributed by atoms with Gasteiger partial charge in [-0.2, -0.15) is 0 Å². The molecule has 5 rings (SSSR count). The molecule has 2 bridgehead atoms. The van der Waals surface area contributed by atoms with Crippen molar-refractivity contribution in [3.05, 3.63) is 24.2 Å². The van der Waals surface area contributed by atoms with E-state index in [1.807, 2.05) is 6.07 Å². The summed E-state index contributed by atoms with van der Waals surface area (Å²) in [6.07, 6.45) is 5.79. The Morgan fingerprint density at radius 2 is 2.12 bits per heavy atom.